The first-order chi connectivity index (χ1) is 8.65. The molecule has 0 saturated heterocycles. The second-order valence-electron chi connectivity index (χ2n) is 3.63. The molecule has 3 heterocycles. The van der Waals surface area contributed by atoms with Crippen LogP contribution in [0.2, 0.25) is 5.15 Å². The Balaban J connectivity index is 2.26. The first-order valence-electron chi connectivity index (χ1n) is 5.08. The molecule has 0 aliphatic carbocycles. The molecule has 2 N–H and O–H groups in total. The van der Waals surface area contributed by atoms with E-state index in [-0.39, 0.29) is 11.6 Å². The van der Waals surface area contributed by atoms with Gasteiger partial charge >= 0.3 is 0 Å². The Morgan fingerprint density at radius 1 is 1.22 bits per heavy atom. The molecule has 0 aliphatic heterocycles. The van der Waals surface area contributed by atoms with E-state index >= 15 is 0 Å². The van der Waals surface area contributed by atoms with Gasteiger partial charge in [-0.15, -0.1) is 5.10 Å². The highest BCUT2D eigenvalue weighted by Crippen LogP contribution is 2.24. The van der Waals surface area contributed by atoms with E-state index in [9.17, 15) is 4.39 Å². The number of pyridine rings is 2. The first-order valence-corrected chi connectivity index (χ1v) is 5.46. The zero-order valence-corrected chi connectivity index (χ0v) is 9.76. The van der Waals surface area contributed by atoms with Crippen LogP contribution < -0.4 is 5.73 Å². The molecule has 3 rings (SSSR count). The molecule has 3 aromatic rings. The lowest BCUT2D eigenvalue weighted by Crippen LogP contribution is -1.95. The predicted octanol–water partition coefficient (Wildman–Crippen LogP) is 2.17. The van der Waals surface area contributed by atoms with E-state index in [0.717, 1.165) is 0 Å². The summed E-state index contributed by atoms with van der Waals surface area (Å²) in [7, 11) is 0. The van der Waals surface area contributed by atoms with Crippen molar-refractivity contribution in [3.63, 3.8) is 0 Å². The Kier molecular flexibility index (Phi) is 2.38. The highest BCUT2D eigenvalue weighted by Gasteiger charge is 2.13. The van der Waals surface area contributed by atoms with Crippen molar-refractivity contribution in [2.75, 3.05) is 5.73 Å². The standard InChI is InChI=1S/C11H7ClFN5/c12-8-3-1-2-7(15-8)6-4-5-18-10(9(6)13)16-11(14)17-18/h1-5H,(H2,14,17). The van der Waals surface area contributed by atoms with E-state index in [1.807, 2.05) is 0 Å². The molecule has 0 fully saturated rings. The maximum absolute atomic E-state index is 14.2. The lowest BCUT2D eigenvalue weighted by molar-refractivity contribution is 0.630. The molecule has 0 spiro atoms. The Morgan fingerprint density at radius 2 is 2.06 bits per heavy atom. The van der Waals surface area contributed by atoms with Crippen LogP contribution in [0.4, 0.5) is 10.3 Å². The fraction of sp³-hybridized carbons (Fsp3) is 0. The second kappa shape index (κ2) is 3.92. The molecule has 5 nitrogen and oxygen atoms in total. The smallest absolute Gasteiger partial charge is 0.240 e. The lowest BCUT2D eigenvalue weighted by Gasteiger charge is -2.03. The van der Waals surface area contributed by atoms with Gasteiger partial charge in [0, 0.05) is 11.8 Å². The molecular formula is C11H7ClFN5. The van der Waals surface area contributed by atoms with Crippen molar-refractivity contribution in [1.29, 1.82) is 0 Å². The summed E-state index contributed by atoms with van der Waals surface area (Å²) >= 11 is 5.78. The van der Waals surface area contributed by atoms with Gasteiger partial charge < -0.3 is 5.73 Å². The number of hydrogen-bond acceptors (Lipinski definition) is 4. The van der Waals surface area contributed by atoms with Crippen molar-refractivity contribution in [2.45, 2.75) is 0 Å². The van der Waals surface area contributed by atoms with Gasteiger partial charge in [0.05, 0.1) is 5.69 Å². The Hall–Kier alpha value is -2.21. The van der Waals surface area contributed by atoms with E-state index in [4.69, 9.17) is 17.3 Å². The van der Waals surface area contributed by atoms with Crippen molar-refractivity contribution >= 4 is 23.2 Å². The van der Waals surface area contributed by atoms with Crippen LogP contribution in [0.3, 0.4) is 0 Å². The highest BCUT2D eigenvalue weighted by atomic mass is 35.5. The number of hydrogen-bond donors (Lipinski definition) is 1. The van der Waals surface area contributed by atoms with Crippen LogP contribution in [0.1, 0.15) is 0 Å². The molecule has 0 atom stereocenters. The van der Waals surface area contributed by atoms with Crippen LogP contribution in [0.25, 0.3) is 16.9 Å². The molecule has 0 radical (unpaired) electrons. The minimum atomic E-state index is -0.531. The van der Waals surface area contributed by atoms with E-state index in [2.05, 4.69) is 15.1 Å². The van der Waals surface area contributed by atoms with Gasteiger partial charge in [-0.25, -0.2) is 13.9 Å². The van der Waals surface area contributed by atoms with Crippen LogP contribution >= 0.6 is 11.6 Å². The van der Waals surface area contributed by atoms with Crippen molar-refractivity contribution in [1.82, 2.24) is 19.6 Å². The predicted molar refractivity (Wildman–Crippen MR) is 65.6 cm³/mol. The van der Waals surface area contributed by atoms with Gasteiger partial charge in [-0.3, -0.25) is 0 Å². The molecule has 7 heteroatoms. The van der Waals surface area contributed by atoms with Crippen molar-refractivity contribution in [3.05, 3.63) is 41.4 Å². The molecule has 0 unspecified atom stereocenters. The Labute approximate surface area is 106 Å². The monoisotopic (exact) mass is 263 g/mol. The van der Waals surface area contributed by atoms with Crippen molar-refractivity contribution in [2.24, 2.45) is 0 Å². The number of anilines is 1. The van der Waals surface area contributed by atoms with E-state index in [0.29, 0.717) is 16.4 Å². The zero-order valence-electron chi connectivity index (χ0n) is 9.01. The van der Waals surface area contributed by atoms with Crippen LogP contribution in [-0.2, 0) is 0 Å². The number of nitrogens with two attached hydrogens (primary N) is 1. The number of aromatic nitrogens is 4. The van der Waals surface area contributed by atoms with Gasteiger partial charge in [0.1, 0.15) is 5.15 Å². The molecule has 0 amide bonds. The van der Waals surface area contributed by atoms with Crippen molar-refractivity contribution < 1.29 is 4.39 Å². The third kappa shape index (κ3) is 1.67. The molecular weight excluding hydrogens is 257 g/mol. The molecule has 3 aromatic heterocycles. The molecule has 18 heavy (non-hydrogen) atoms. The lowest BCUT2D eigenvalue weighted by atomic mass is 10.1. The van der Waals surface area contributed by atoms with Crippen LogP contribution in [0.5, 0.6) is 0 Å². The zero-order chi connectivity index (χ0) is 12.7. The second-order valence-corrected chi connectivity index (χ2v) is 4.01. The SMILES string of the molecule is Nc1nc2c(F)c(-c3cccc(Cl)n3)ccn2n1. The maximum Gasteiger partial charge on any atom is 0.240 e. The summed E-state index contributed by atoms with van der Waals surface area (Å²) in [5.74, 6) is -0.512. The van der Waals surface area contributed by atoms with Gasteiger partial charge in [0.15, 0.2) is 11.5 Å². The topological polar surface area (TPSA) is 69.1 Å². The molecule has 90 valence electrons. The normalized spacial score (nSPS) is 11.0. The number of nitrogen functional groups attached to an aromatic ring is 1. The van der Waals surface area contributed by atoms with E-state index in [1.54, 1.807) is 30.5 Å². The average molecular weight is 264 g/mol. The molecule has 0 bridgehead atoms. The fourth-order valence-corrected chi connectivity index (χ4v) is 1.85. The van der Waals surface area contributed by atoms with Crippen LogP contribution in [0.15, 0.2) is 30.5 Å². The summed E-state index contributed by atoms with van der Waals surface area (Å²) in [5.41, 5.74) is 6.23. The quantitative estimate of drug-likeness (QED) is 0.683. The third-order valence-corrected chi connectivity index (χ3v) is 2.66. The minimum absolute atomic E-state index is 0.0186. The number of halogens is 2. The number of rotatable bonds is 1. The van der Waals surface area contributed by atoms with E-state index < -0.39 is 5.82 Å². The Bertz CT molecular complexity index is 739. The van der Waals surface area contributed by atoms with Crippen LogP contribution in [0, 0.1) is 5.82 Å². The van der Waals surface area contributed by atoms with Gasteiger partial charge in [-0.05, 0) is 18.2 Å². The highest BCUT2D eigenvalue weighted by molar-refractivity contribution is 6.29. The largest absolute Gasteiger partial charge is 0.366 e. The molecule has 0 aromatic carbocycles. The van der Waals surface area contributed by atoms with Gasteiger partial charge in [-0.1, -0.05) is 17.7 Å². The van der Waals surface area contributed by atoms with Crippen molar-refractivity contribution in [3.8, 4) is 11.3 Å². The summed E-state index contributed by atoms with van der Waals surface area (Å²) < 4.78 is 15.5. The van der Waals surface area contributed by atoms with Crippen LogP contribution in [-0.4, -0.2) is 19.6 Å². The van der Waals surface area contributed by atoms with Gasteiger partial charge in [0.25, 0.3) is 0 Å². The first kappa shape index (κ1) is 10.9. The summed E-state index contributed by atoms with van der Waals surface area (Å²) in [4.78, 5) is 7.87. The van der Waals surface area contributed by atoms with E-state index in [1.165, 1.54) is 4.52 Å². The summed E-state index contributed by atoms with van der Waals surface area (Å²) in [5, 5.41) is 4.12. The molecule has 0 aliphatic rings. The number of nitrogens with zero attached hydrogens (tertiary/aromatic N) is 4. The Morgan fingerprint density at radius 3 is 2.83 bits per heavy atom. The van der Waals surface area contributed by atoms with Gasteiger partial charge in [-0.2, -0.15) is 4.98 Å². The number of fused-ring (bicyclic) bond motifs is 1. The van der Waals surface area contributed by atoms with Gasteiger partial charge in [0.2, 0.25) is 5.95 Å². The molecule has 0 saturated carbocycles. The fourth-order valence-electron chi connectivity index (χ4n) is 1.69. The average Bonchev–Trinajstić information content (AvgIpc) is 2.71. The minimum Gasteiger partial charge on any atom is -0.366 e. The summed E-state index contributed by atoms with van der Waals surface area (Å²) in [6, 6.07) is 6.54. The summed E-state index contributed by atoms with van der Waals surface area (Å²) in [6.45, 7) is 0. The summed E-state index contributed by atoms with van der Waals surface area (Å²) in [6.07, 6.45) is 1.57. The maximum atomic E-state index is 14.2. The third-order valence-electron chi connectivity index (χ3n) is 2.45.